The normalized spacial score (nSPS) is 11.4. The lowest BCUT2D eigenvalue weighted by Crippen LogP contribution is -2.26. The monoisotopic (exact) mass is 432 g/mol. The van der Waals surface area contributed by atoms with Gasteiger partial charge in [0, 0.05) is 17.5 Å². The molecule has 0 aliphatic heterocycles. The zero-order valence-corrected chi connectivity index (χ0v) is 17.8. The third kappa shape index (κ3) is 4.59. The van der Waals surface area contributed by atoms with Gasteiger partial charge in [-0.3, -0.25) is 9.59 Å². The van der Waals surface area contributed by atoms with E-state index in [0.717, 1.165) is 20.9 Å². The van der Waals surface area contributed by atoms with E-state index in [4.69, 9.17) is 0 Å². The molecule has 0 aliphatic rings. The highest BCUT2D eigenvalue weighted by Gasteiger charge is 2.30. The van der Waals surface area contributed by atoms with Gasteiger partial charge in [-0.25, -0.2) is 4.98 Å². The summed E-state index contributed by atoms with van der Waals surface area (Å²) in [5.74, 6) is -0.613. The average molecular weight is 433 g/mol. The van der Waals surface area contributed by atoms with Gasteiger partial charge >= 0.3 is 5.97 Å². The van der Waals surface area contributed by atoms with Gasteiger partial charge in [-0.15, -0.1) is 10.2 Å². The van der Waals surface area contributed by atoms with Gasteiger partial charge in [0.05, 0.1) is 21.3 Å². The van der Waals surface area contributed by atoms with Crippen LogP contribution in [0.1, 0.15) is 30.6 Å². The van der Waals surface area contributed by atoms with E-state index in [1.165, 1.54) is 0 Å². The largest absolute Gasteiger partial charge is 0.481 e. The molecule has 0 aliphatic carbocycles. The smallest absolute Gasteiger partial charge is 0.309 e. The van der Waals surface area contributed by atoms with Crippen molar-refractivity contribution in [2.75, 3.05) is 5.32 Å². The van der Waals surface area contributed by atoms with Crippen LogP contribution in [0.3, 0.4) is 0 Å². The summed E-state index contributed by atoms with van der Waals surface area (Å²) in [6.45, 7) is 3.09. The number of aliphatic carboxylic acids is 1. The van der Waals surface area contributed by atoms with E-state index in [-0.39, 0.29) is 12.2 Å². The van der Waals surface area contributed by atoms with Crippen molar-refractivity contribution < 1.29 is 14.7 Å². The zero-order valence-electron chi connectivity index (χ0n) is 17.0. The molecule has 0 unspecified atom stereocenters. The van der Waals surface area contributed by atoms with E-state index in [2.05, 4.69) is 20.5 Å². The third-order valence-corrected chi connectivity index (χ3v) is 5.83. The lowest BCUT2D eigenvalue weighted by Gasteiger charge is -2.17. The molecule has 0 amide bonds. The third-order valence-electron chi connectivity index (χ3n) is 4.88. The van der Waals surface area contributed by atoms with Crippen LogP contribution in [0.4, 0.5) is 10.9 Å². The van der Waals surface area contributed by atoms with Crippen molar-refractivity contribution in [2.45, 2.75) is 20.3 Å². The molecule has 0 atom stereocenters. The Balaban J connectivity index is 1.45. The van der Waals surface area contributed by atoms with Crippen LogP contribution in [-0.4, -0.2) is 32.0 Å². The number of carbonyl (C=O) groups is 2. The van der Waals surface area contributed by atoms with Gasteiger partial charge in [-0.2, -0.15) is 0 Å². The van der Waals surface area contributed by atoms with Crippen LogP contribution < -0.4 is 5.32 Å². The number of nitrogens with one attached hydrogen (secondary N) is 1. The number of aromatic nitrogens is 3. The first-order valence-corrected chi connectivity index (χ1v) is 10.5. The topological polar surface area (TPSA) is 105 Å². The van der Waals surface area contributed by atoms with Gasteiger partial charge in [-0.1, -0.05) is 47.7 Å². The lowest BCUT2D eigenvalue weighted by atomic mass is 9.85. The van der Waals surface area contributed by atoms with E-state index in [0.29, 0.717) is 17.1 Å². The summed E-state index contributed by atoms with van der Waals surface area (Å²) in [4.78, 5) is 28.2. The molecule has 4 rings (SSSR count). The standard InChI is InChI=1S/C23H20N4O3S/c1-23(2,21(29)30)13-18(28)15-9-7-14(8-10-15)16-11-12-20(27-26-16)25-22-24-17-5-3-4-6-19(17)31-22/h3-12H,13H2,1-2H3,(H,29,30)(H,24,25,27). The first-order valence-electron chi connectivity index (χ1n) is 9.65. The number of Topliss-reactive ketones (excluding diaryl/α,β-unsaturated/α-hetero) is 1. The first kappa shape index (κ1) is 20.6. The molecule has 0 fully saturated rings. The van der Waals surface area contributed by atoms with Crippen molar-refractivity contribution in [1.29, 1.82) is 0 Å². The molecule has 0 saturated carbocycles. The molecule has 4 aromatic rings. The van der Waals surface area contributed by atoms with E-state index < -0.39 is 11.4 Å². The quantitative estimate of drug-likeness (QED) is 0.388. The highest BCUT2D eigenvalue weighted by Crippen LogP contribution is 2.28. The SMILES string of the molecule is CC(C)(CC(=O)c1ccc(-c2ccc(Nc3nc4ccccc4s3)nn2)cc1)C(=O)O. The van der Waals surface area contributed by atoms with Gasteiger partial charge < -0.3 is 10.4 Å². The summed E-state index contributed by atoms with van der Waals surface area (Å²) >= 11 is 1.54. The Hall–Kier alpha value is -3.65. The molecule has 0 bridgehead atoms. The van der Waals surface area contributed by atoms with Crippen molar-refractivity contribution in [1.82, 2.24) is 15.2 Å². The van der Waals surface area contributed by atoms with Crippen LogP contribution >= 0.6 is 11.3 Å². The second kappa shape index (κ2) is 8.23. The first-order chi connectivity index (χ1) is 14.8. The van der Waals surface area contributed by atoms with E-state index >= 15 is 0 Å². The Morgan fingerprint density at radius 3 is 2.39 bits per heavy atom. The lowest BCUT2D eigenvalue weighted by molar-refractivity contribution is -0.146. The summed E-state index contributed by atoms with van der Waals surface area (Å²) < 4.78 is 1.09. The number of hydrogen-bond acceptors (Lipinski definition) is 7. The Morgan fingerprint density at radius 1 is 1.00 bits per heavy atom. The number of fused-ring (bicyclic) bond motifs is 1. The number of thiazole rings is 1. The summed E-state index contributed by atoms with van der Waals surface area (Å²) in [7, 11) is 0. The van der Waals surface area contributed by atoms with Crippen molar-refractivity contribution in [2.24, 2.45) is 5.41 Å². The number of rotatable bonds is 7. The number of carboxylic acid groups (broad SMARTS) is 1. The molecule has 2 heterocycles. The number of benzene rings is 2. The molecule has 7 nitrogen and oxygen atoms in total. The molecular weight excluding hydrogens is 412 g/mol. The summed E-state index contributed by atoms with van der Waals surface area (Å²) in [5.41, 5.74) is 1.78. The van der Waals surface area contributed by atoms with Crippen LogP contribution in [-0.2, 0) is 4.79 Å². The van der Waals surface area contributed by atoms with Gasteiger partial charge in [0.15, 0.2) is 16.7 Å². The van der Waals surface area contributed by atoms with Crippen molar-refractivity contribution >= 4 is 44.3 Å². The Bertz CT molecular complexity index is 1220. The van der Waals surface area contributed by atoms with Crippen molar-refractivity contribution in [3.63, 3.8) is 0 Å². The van der Waals surface area contributed by atoms with Crippen LogP contribution in [0.2, 0.25) is 0 Å². The van der Waals surface area contributed by atoms with Crippen LogP contribution in [0.5, 0.6) is 0 Å². The van der Waals surface area contributed by atoms with Crippen molar-refractivity contribution in [3.8, 4) is 11.3 Å². The molecule has 2 N–H and O–H groups in total. The Labute approximate surface area is 182 Å². The average Bonchev–Trinajstić information content (AvgIpc) is 3.16. The van der Waals surface area contributed by atoms with E-state index in [1.54, 1.807) is 49.4 Å². The summed E-state index contributed by atoms with van der Waals surface area (Å²) in [6, 6.07) is 18.5. The second-order valence-electron chi connectivity index (χ2n) is 7.78. The number of anilines is 2. The minimum Gasteiger partial charge on any atom is -0.481 e. The van der Waals surface area contributed by atoms with Gasteiger partial charge in [0.2, 0.25) is 0 Å². The highest BCUT2D eigenvalue weighted by molar-refractivity contribution is 7.22. The maximum absolute atomic E-state index is 12.4. The van der Waals surface area contributed by atoms with E-state index in [1.807, 2.05) is 36.4 Å². The fourth-order valence-electron chi connectivity index (χ4n) is 2.99. The number of nitrogens with zero attached hydrogens (tertiary/aromatic N) is 3. The Morgan fingerprint density at radius 2 is 1.74 bits per heavy atom. The minimum absolute atomic E-state index is 0.0619. The van der Waals surface area contributed by atoms with Crippen LogP contribution in [0.15, 0.2) is 60.7 Å². The van der Waals surface area contributed by atoms with E-state index in [9.17, 15) is 14.7 Å². The molecule has 0 radical (unpaired) electrons. The van der Waals surface area contributed by atoms with Gasteiger partial charge in [0.25, 0.3) is 0 Å². The summed E-state index contributed by atoms with van der Waals surface area (Å²) in [6.07, 6.45) is -0.0619. The number of hydrogen-bond donors (Lipinski definition) is 2. The second-order valence-corrected chi connectivity index (χ2v) is 8.81. The fourth-order valence-corrected chi connectivity index (χ4v) is 3.87. The molecule has 8 heteroatoms. The molecule has 0 saturated heterocycles. The predicted octanol–water partition coefficient (Wildman–Crippen LogP) is 5.18. The fraction of sp³-hybridized carbons (Fsp3) is 0.174. The number of ketones is 1. The Kier molecular flexibility index (Phi) is 5.48. The van der Waals surface area contributed by atoms with Gasteiger partial charge in [-0.05, 0) is 38.1 Å². The number of carboxylic acids is 1. The molecule has 156 valence electrons. The molecule has 2 aromatic heterocycles. The predicted molar refractivity (Wildman–Crippen MR) is 121 cm³/mol. The highest BCUT2D eigenvalue weighted by atomic mass is 32.1. The number of carbonyl (C=O) groups excluding carboxylic acids is 1. The van der Waals surface area contributed by atoms with Crippen LogP contribution in [0.25, 0.3) is 21.5 Å². The molecule has 0 spiro atoms. The molecular formula is C23H20N4O3S. The number of para-hydroxylation sites is 1. The van der Waals surface area contributed by atoms with Gasteiger partial charge in [0.1, 0.15) is 0 Å². The van der Waals surface area contributed by atoms with Crippen LogP contribution in [0, 0.1) is 5.41 Å². The van der Waals surface area contributed by atoms with Crippen molar-refractivity contribution in [3.05, 3.63) is 66.2 Å². The molecule has 31 heavy (non-hydrogen) atoms. The zero-order chi connectivity index (χ0) is 22.0. The maximum Gasteiger partial charge on any atom is 0.309 e. The maximum atomic E-state index is 12.4. The minimum atomic E-state index is -1.10. The molecule has 2 aromatic carbocycles. The summed E-state index contributed by atoms with van der Waals surface area (Å²) in [5, 5.41) is 21.6.